The first-order valence-electron chi connectivity index (χ1n) is 41.5. The summed E-state index contributed by atoms with van der Waals surface area (Å²) in [6.45, 7) is 28.0. The minimum Gasteiger partial charge on any atom is -0.371 e. The third-order valence-corrected chi connectivity index (χ3v) is 27.0. The molecular formula is C90H115F8N13O2S2. The predicted molar refractivity (Wildman–Crippen MR) is 457 cm³/mol. The molecule has 1 atom stereocenters. The number of hydrogen-bond acceptors (Lipinski definition) is 13. The summed E-state index contributed by atoms with van der Waals surface area (Å²) in [5.41, 5.74) is 13.9. The zero-order valence-electron chi connectivity index (χ0n) is 67.1. The topological polar surface area (TPSA) is 128 Å². The van der Waals surface area contributed by atoms with Gasteiger partial charge >= 0.3 is 16.4 Å². The molecular weight excluding hydrogens is 1510 g/mol. The molecule has 620 valence electrons. The number of anilines is 3. The van der Waals surface area contributed by atoms with Gasteiger partial charge in [-0.05, 0) is 222 Å². The molecule has 8 heterocycles. The number of piperazine rings is 2. The number of rotatable bonds is 22. The summed E-state index contributed by atoms with van der Waals surface area (Å²) < 4.78 is 132. The Morgan fingerprint density at radius 2 is 0.904 bits per heavy atom. The molecule has 6 saturated heterocycles. The summed E-state index contributed by atoms with van der Waals surface area (Å²) in [6.07, 6.45) is 9.15. The zero-order valence-corrected chi connectivity index (χ0v) is 68.7. The van der Waals surface area contributed by atoms with Crippen LogP contribution in [0.15, 0.2) is 186 Å². The second-order valence-corrected chi connectivity index (χ2v) is 37.7. The second kappa shape index (κ2) is 35.4. The molecule has 7 aliphatic rings. The van der Waals surface area contributed by atoms with Crippen molar-refractivity contribution in [3.05, 3.63) is 198 Å². The number of hydrogen-bond donors (Lipinski definition) is 5. The fourth-order valence-corrected chi connectivity index (χ4v) is 19.2. The highest BCUT2D eigenvalue weighted by Gasteiger charge is 2.65. The van der Waals surface area contributed by atoms with Gasteiger partial charge in [-0.2, -0.15) is 13.2 Å². The molecule has 15 nitrogen and oxygen atoms in total. The number of nitrogens with one attached hydrogen (secondary N) is 5. The lowest BCUT2D eigenvalue weighted by Crippen LogP contribution is -2.52. The average Bonchev–Trinajstić information content (AvgIpc) is 1.62. The lowest BCUT2D eigenvalue weighted by atomic mass is 9.98. The normalized spacial score (nSPS) is 19.8. The van der Waals surface area contributed by atoms with Gasteiger partial charge in [-0.1, -0.05) is 117 Å². The van der Waals surface area contributed by atoms with E-state index in [-0.39, 0.29) is 5.39 Å². The molecule has 0 amide bonds. The highest BCUT2D eigenvalue weighted by Crippen LogP contribution is 3.02. The Bertz CT molecular complexity index is 4830. The van der Waals surface area contributed by atoms with Crippen molar-refractivity contribution in [1.29, 1.82) is 0 Å². The zero-order chi connectivity index (χ0) is 80.7. The summed E-state index contributed by atoms with van der Waals surface area (Å²) in [5, 5.41) is 12.7. The maximum Gasteiger partial charge on any atom is 0.408 e. The number of piperidine rings is 4. The summed E-state index contributed by atoms with van der Waals surface area (Å²) >= 11 is 0. The van der Waals surface area contributed by atoms with Crippen molar-refractivity contribution in [3.8, 4) is 22.5 Å². The van der Waals surface area contributed by atoms with Crippen LogP contribution in [0.25, 0.3) is 56.0 Å². The Balaban J connectivity index is 0.000000143. The van der Waals surface area contributed by atoms with Gasteiger partial charge in [-0.25, -0.2) is 8.42 Å². The van der Waals surface area contributed by atoms with Crippen LogP contribution < -0.4 is 30.7 Å². The first kappa shape index (κ1) is 83.7. The molecule has 6 aliphatic heterocycles. The number of H-pyrrole nitrogens is 2. The number of aromatic nitrogens is 2. The molecule has 0 radical (unpaired) electrons. The number of likely N-dealkylation sites (tertiary alicyclic amines) is 1. The van der Waals surface area contributed by atoms with Gasteiger partial charge in [0.15, 0.2) is 9.84 Å². The van der Waals surface area contributed by atoms with E-state index in [1.807, 2.05) is 36.4 Å². The van der Waals surface area contributed by atoms with E-state index in [4.69, 9.17) is 0 Å². The average molecular weight is 1630 g/mol. The lowest BCUT2D eigenvalue weighted by molar-refractivity contribution is -0.190. The van der Waals surface area contributed by atoms with Crippen LogP contribution in [0.2, 0.25) is 0 Å². The molecule has 7 aromatic carbocycles. The van der Waals surface area contributed by atoms with E-state index >= 15 is 0 Å². The molecule has 2 aromatic heterocycles. The van der Waals surface area contributed by atoms with E-state index in [9.17, 15) is 41.0 Å². The molecule has 1 aliphatic carbocycles. The van der Waals surface area contributed by atoms with Crippen molar-refractivity contribution >= 4 is 70.6 Å². The summed E-state index contributed by atoms with van der Waals surface area (Å²) in [7, 11) is -12.9. The van der Waals surface area contributed by atoms with Crippen molar-refractivity contribution in [1.82, 2.24) is 50.4 Å². The van der Waals surface area contributed by atoms with Crippen LogP contribution in [-0.4, -0.2) is 222 Å². The van der Waals surface area contributed by atoms with Gasteiger partial charge in [0, 0.05) is 211 Å². The predicted octanol–water partition coefficient (Wildman–Crippen LogP) is 18.0. The summed E-state index contributed by atoms with van der Waals surface area (Å²) in [5.74, 6) is 0. The van der Waals surface area contributed by atoms with Crippen molar-refractivity contribution in [2.75, 3.05) is 152 Å². The Labute approximate surface area is 674 Å². The highest BCUT2D eigenvalue weighted by atomic mass is 32.5. The molecule has 0 bridgehead atoms. The van der Waals surface area contributed by atoms with Gasteiger partial charge < -0.3 is 45.5 Å². The molecule has 0 unspecified atom stereocenters. The molecule has 6 fully saturated rings. The van der Waals surface area contributed by atoms with Crippen molar-refractivity contribution in [2.24, 2.45) is 0 Å². The highest BCUT2D eigenvalue weighted by molar-refractivity contribution is 8.45. The van der Waals surface area contributed by atoms with E-state index in [1.54, 1.807) is 41.3 Å². The number of alkyl halides is 3. The van der Waals surface area contributed by atoms with Gasteiger partial charge in [0.05, 0.1) is 4.90 Å². The van der Waals surface area contributed by atoms with Crippen LogP contribution in [0, 0.1) is 0 Å². The molecule has 0 spiro atoms. The first-order chi connectivity index (χ1) is 54.9. The number of para-hydroxylation sites is 1. The van der Waals surface area contributed by atoms with E-state index in [0.29, 0.717) is 96.2 Å². The first-order valence-corrected chi connectivity index (χ1v) is 45.4. The number of sulfone groups is 1. The van der Waals surface area contributed by atoms with Gasteiger partial charge in [0.2, 0.25) is 0 Å². The SMILES string of the molecule is CC(C)N1CCC(NC2CCN(c3cccc(C4=Cc5cc(S(C)(=O)=O)ccc5C4)c3)CC2)CC1.CC(C)N1CCN(CCNC2CCN(c3cccc(-c4cc5cc(S(F)(F)(F)(F)F)ccc5[nH]4)c3)CC2)CC1.FC(F)(F)[C@H](c1ccccc1)N1CCN(CCNC2CCN(c3cccc(-c4cc5ccccc5[nH]4)c3)CC2)CC1. The second-order valence-electron chi connectivity index (χ2n) is 33.3. The summed E-state index contributed by atoms with van der Waals surface area (Å²) in [4.78, 5) is 24.0. The number of allylic oxidation sites excluding steroid dienone is 1. The monoisotopic (exact) mass is 1630 g/mol. The van der Waals surface area contributed by atoms with E-state index in [0.717, 1.165) is 158 Å². The summed E-state index contributed by atoms with van der Waals surface area (Å²) in [6, 6.07) is 55.4. The molecule has 5 N–H and O–H groups in total. The Hall–Kier alpha value is -7.82. The minimum absolute atomic E-state index is 0.106. The van der Waals surface area contributed by atoms with Crippen LogP contribution in [0.1, 0.15) is 107 Å². The maximum absolute atomic E-state index is 13.9. The third-order valence-electron chi connectivity index (χ3n) is 24.7. The maximum atomic E-state index is 13.9. The Morgan fingerprint density at radius 1 is 0.452 bits per heavy atom. The third kappa shape index (κ3) is 21.9. The van der Waals surface area contributed by atoms with Gasteiger partial charge in [-0.3, -0.25) is 19.6 Å². The standard InChI is InChI=1S/C33H38F3N5.C29H39N3O2S.C28H38F5N5S/c34-33(35,36)32(25-7-2-1-3-8-25)41-21-19-39(20-22-41)18-15-37-28-13-16-40(17-14-28)29-11-6-10-26(23-29)31-24-27-9-4-5-12-30(27)38-31;1-21(2)31-13-9-26(10-14-31)30-27-11-15-32(16-12-27)28-6-4-5-22(19-28)24-17-23-7-8-29(35(3,33)34)20-25(23)18-24;1-21(2)37-16-14-36(15-17-37)13-10-34-24-8-11-38(12-9-24)25-5-3-4-22(18-25)28-20-23-19-26(6-7-27(23)35-28)39(29,30,31,32)33/h1-12,23-24,28,32,37-38H,13-22H2;4-8,18-21,26-27,30H,9-17H2,1-3H3;3-7,18-21,24,34-35H,8-17H2,1-2H3/t32-;;/m0../s1. The van der Waals surface area contributed by atoms with Crippen molar-refractivity contribution in [3.63, 3.8) is 0 Å². The lowest BCUT2D eigenvalue weighted by Gasteiger charge is -2.40. The largest absolute Gasteiger partial charge is 0.408 e. The van der Waals surface area contributed by atoms with Gasteiger partial charge in [0.1, 0.15) is 10.9 Å². The van der Waals surface area contributed by atoms with Gasteiger partial charge in [-0.15, -0.1) is 0 Å². The molecule has 16 rings (SSSR count). The van der Waals surface area contributed by atoms with E-state index < -0.39 is 37.2 Å². The fraction of sp³-hybridized carbons (Fsp3) is 0.467. The van der Waals surface area contributed by atoms with Crippen LogP contribution in [0.3, 0.4) is 0 Å². The van der Waals surface area contributed by atoms with E-state index in [2.05, 4.69) is 173 Å². The number of fused-ring (bicyclic) bond motifs is 3. The van der Waals surface area contributed by atoms with Crippen LogP contribution in [0.4, 0.5) is 49.7 Å². The smallest absolute Gasteiger partial charge is 0.371 e. The number of halogens is 8. The Kier molecular flexibility index (Phi) is 25.7. The fourth-order valence-electron chi connectivity index (χ4n) is 17.9. The van der Waals surface area contributed by atoms with Crippen LogP contribution in [-0.2, 0) is 16.3 Å². The minimum atomic E-state index is -9.73. The number of nitrogens with zero attached hydrogens (tertiary/aromatic N) is 8. The Morgan fingerprint density at radius 3 is 1.40 bits per heavy atom. The quantitative estimate of drug-likeness (QED) is 0.0414. The van der Waals surface area contributed by atoms with Crippen LogP contribution in [0.5, 0.6) is 0 Å². The van der Waals surface area contributed by atoms with E-state index in [1.165, 1.54) is 90.1 Å². The van der Waals surface area contributed by atoms with Crippen LogP contribution >= 0.6 is 10.2 Å². The molecule has 0 saturated carbocycles. The van der Waals surface area contributed by atoms with Crippen molar-refractivity contribution < 1.29 is 41.0 Å². The molecule has 9 aromatic rings. The molecule has 115 heavy (non-hydrogen) atoms. The van der Waals surface area contributed by atoms with Gasteiger partial charge in [0.25, 0.3) is 0 Å². The van der Waals surface area contributed by atoms with Crippen molar-refractivity contribution in [2.45, 2.75) is 144 Å². The molecule has 25 heteroatoms. The number of aromatic amines is 2. The number of benzene rings is 7.